The van der Waals surface area contributed by atoms with Crippen LogP contribution in [0.2, 0.25) is 0 Å². The van der Waals surface area contributed by atoms with Crippen molar-refractivity contribution in [2.75, 3.05) is 7.11 Å². The molecule has 0 unspecified atom stereocenters. The molecule has 130 valence electrons. The van der Waals surface area contributed by atoms with Crippen molar-refractivity contribution >= 4 is 6.03 Å². The summed E-state index contributed by atoms with van der Waals surface area (Å²) >= 11 is 0. The minimum Gasteiger partial charge on any atom is -0.497 e. The molecule has 0 saturated carbocycles. The summed E-state index contributed by atoms with van der Waals surface area (Å²) in [6.45, 7) is 3.88. The van der Waals surface area contributed by atoms with E-state index in [-0.39, 0.29) is 18.1 Å². The van der Waals surface area contributed by atoms with Gasteiger partial charge < -0.3 is 19.9 Å². The lowest BCUT2D eigenvalue weighted by atomic mass is 10.1. The number of aromatic nitrogens is 3. The van der Waals surface area contributed by atoms with Crippen LogP contribution in [0.1, 0.15) is 37.7 Å². The van der Waals surface area contributed by atoms with Crippen LogP contribution in [0, 0.1) is 0 Å². The van der Waals surface area contributed by atoms with Gasteiger partial charge in [0.2, 0.25) is 0 Å². The number of hydrogen-bond acceptors (Lipinski definition) is 4. The number of benzene rings is 1. The molecule has 24 heavy (non-hydrogen) atoms. The van der Waals surface area contributed by atoms with Gasteiger partial charge in [0.1, 0.15) is 12.1 Å². The van der Waals surface area contributed by atoms with Gasteiger partial charge in [-0.2, -0.15) is 0 Å². The third-order valence-electron chi connectivity index (χ3n) is 3.88. The minimum absolute atomic E-state index is 0.0683. The number of rotatable bonds is 7. The Balaban J connectivity index is 1.75. The summed E-state index contributed by atoms with van der Waals surface area (Å²) in [4.78, 5) is 12.1. The lowest BCUT2D eigenvalue weighted by Crippen LogP contribution is -2.42. The molecule has 1 aromatic carbocycles. The van der Waals surface area contributed by atoms with E-state index in [1.807, 2.05) is 45.2 Å². The van der Waals surface area contributed by atoms with Crippen LogP contribution in [0.5, 0.6) is 5.75 Å². The number of nitrogens with zero attached hydrogens (tertiary/aromatic N) is 3. The summed E-state index contributed by atoms with van der Waals surface area (Å²) in [7, 11) is 3.50. The molecule has 2 atom stereocenters. The zero-order valence-electron chi connectivity index (χ0n) is 14.6. The van der Waals surface area contributed by atoms with Crippen molar-refractivity contribution in [1.82, 2.24) is 25.4 Å². The van der Waals surface area contributed by atoms with Crippen molar-refractivity contribution < 1.29 is 9.53 Å². The van der Waals surface area contributed by atoms with Gasteiger partial charge in [-0.15, -0.1) is 10.2 Å². The number of urea groups is 1. The molecule has 7 heteroatoms. The summed E-state index contributed by atoms with van der Waals surface area (Å²) in [6, 6.07) is 7.65. The minimum atomic E-state index is -0.203. The Bertz CT molecular complexity index is 653. The predicted molar refractivity (Wildman–Crippen MR) is 91.9 cm³/mol. The molecule has 7 nitrogen and oxygen atoms in total. The van der Waals surface area contributed by atoms with E-state index in [0.29, 0.717) is 0 Å². The fourth-order valence-corrected chi connectivity index (χ4v) is 2.46. The van der Waals surface area contributed by atoms with Crippen LogP contribution in [0.25, 0.3) is 0 Å². The first kappa shape index (κ1) is 17.8. The fraction of sp³-hybridized carbons (Fsp3) is 0.471. The van der Waals surface area contributed by atoms with Crippen LogP contribution < -0.4 is 15.4 Å². The Morgan fingerprint density at radius 3 is 2.54 bits per heavy atom. The van der Waals surface area contributed by atoms with Crippen LogP contribution in [-0.2, 0) is 13.5 Å². The molecule has 0 aliphatic carbocycles. The summed E-state index contributed by atoms with van der Waals surface area (Å²) < 4.78 is 6.94. The van der Waals surface area contributed by atoms with Gasteiger partial charge in [0.15, 0.2) is 5.82 Å². The molecule has 0 aliphatic rings. The van der Waals surface area contributed by atoms with Gasteiger partial charge in [-0.25, -0.2) is 4.79 Å². The molecule has 1 aromatic heterocycles. The molecule has 0 bridgehead atoms. The molecule has 2 aromatic rings. The predicted octanol–water partition coefficient (Wildman–Crippen LogP) is 2.21. The smallest absolute Gasteiger partial charge is 0.315 e. The maximum atomic E-state index is 12.1. The molecule has 0 radical (unpaired) electrons. The Morgan fingerprint density at radius 2 is 1.96 bits per heavy atom. The molecule has 0 spiro atoms. The Kier molecular flexibility index (Phi) is 6.17. The van der Waals surface area contributed by atoms with Crippen LogP contribution in [0.3, 0.4) is 0 Å². The summed E-state index contributed by atoms with van der Waals surface area (Å²) in [5.41, 5.74) is 1.22. The number of aryl methyl sites for hydroxylation is 2. The fourth-order valence-electron chi connectivity index (χ4n) is 2.46. The van der Waals surface area contributed by atoms with Crippen molar-refractivity contribution in [2.24, 2.45) is 7.05 Å². The van der Waals surface area contributed by atoms with Gasteiger partial charge in [-0.1, -0.05) is 12.1 Å². The number of nitrogens with one attached hydrogen (secondary N) is 2. The lowest BCUT2D eigenvalue weighted by molar-refractivity contribution is 0.233. The van der Waals surface area contributed by atoms with Crippen LogP contribution in [-0.4, -0.2) is 33.9 Å². The molecule has 0 fully saturated rings. The highest BCUT2D eigenvalue weighted by Crippen LogP contribution is 2.13. The topological polar surface area (TPSA) is 81.1 Å². The van der Waals surface area contributed by atoms with Crippen molar-refractivity contribution in [3.63, 3.8) is 0 Å². The zero-order valence-corrected chi connectivity index (χ0v) is 14.6. The Morgan fingerprint density at radius 1 is 1.25 bits per heavy atom. The van der Waals surface area contributed by atoms with E-state index in [4.69, 9.17) is 4.74 Å². The molecule has 2 N–H and O–H groups in total. The van der Waals surface area contributed by atoms with Crippen molar-refractivity contribution in [1.29, 1.82) is 0 Å². The second kappa shape index (κ2) is 8.33. The number of carbonyl (C=O) groups is 1. The van der Waals surface area contributed by atoms with Gasteiger partial charge in [0.05, 0.1) is 13.2 Å². The highest BCUT2D eigenvalue weighted by atomic mass is 16.5. The van der Waals surface area contributed by atoms with Crippen LogP contribution in [0.15, 0.2) is 30.6 Å². The third-order valence-corrected chi connectivity index (χ3v) is 3.88. The Hall–Kier alpha value is -2.57. The molecule has 1 heterocycles. The van der Waals surface area contributed by atoms with E-state index >= 15 is 0 Å². The molecule has 2 amide bonds. The van der Waals surface area contributed by atoms with E-state index in [0.717, 1.165) is 24.4 Å². The lowest BCUT2D eigenvalue weighted by Gasteiger charge is -2.18. The molecular formula is C17H25N5O2. The van der Waals surface area contributed by atoms with Gasteiger partial charge in [-0.3, -0.25) is 0 Å². The van der Waals surface area contributed by atoms with Crippen molar-refractivity contribution in [2.45, 2.75) is 38.8 Å². The molecule has 0 saturated heterocycles. The maximum absolute atomic E-state index is 12.1. The average Bonchev–Trinajstić information content (AvgIpc) is 2.99. The highest BCUT2D eigenvalue weighted by molar-refractivity contribution is 5.74. The van der Waals surface area contributed by atoms with Crippen molar-refractivity contribution in [3.8, 4) is 5.75 Å². The largest absolute Gasteiger partial charge is 0.497 e. The second-order valence-corrected chi connectivity index (χ2v) is 5.93. The van der Waals surface area contributed by atoms with E-state index in [1.54, 1.807) is 18.0 Å². The van der Waals surface area contributed by atoms with Gasteiger partial charge in [0.25, 0.3) is 0 Å². The summed E-state index contributed by atoms with van der Waals surface area (Å²) in [5, 5.41) is 13.6. The van der Waals surface area contributed by atoms with E-state index in [9.17, 15) is 4.79 Å². The highest BCUT2D eigenvalue weighted by Gasteiger charge is 2.15. The van der Waals surface area contributed by atoms with E-state index in [1.165, 1.54) is 5.56 Å². The quantitative estimate of drug-likeness (QED) is 0.815. The van der Waals surface area contributed by atoms with Crippen LogP contribution >= 0.6 is 0 Å². The zero-order chi connectivity index (χ0) is 17.5. The molecule has 2 rings (SSSR count). The van der Waals surface area contributed by atoms with Gasteiger partial charge in [0, 0.05) is 13.1 Å². The second-order valence-electron chi connectivity index (χ2n) is 5.93. The first-order valence-corrected chi connectivity index (χ1v) is 8.03. The Labute approximate surface area is 142 Å². The first-order chi connectivity index (χ1) is 11.5. The first-order valence-electron chi connectivity index (χ1n) is 8.03. The SMILES string of the molecule is COc1ccc(CC[C@H](C)NC(=O)N[C@@H](C)c2nncn2C)cc1. The van der Waals surface area contributed by atoms with E-state index < -0.39 is 0 Å². The van der Waals surface area contributed by atoms with Gasteiger partial charge >= 0.3 is 6.03 Å². The van der Waals surface area contributed by atoms with Crippen molar-refractivity contribution in [3.05, 3.63) is 42.0 Å². The number of methoxy groups -OCH3 is 1. The number of ether oxygens (including phenoxy) is 1. The summed E-state index contributed by atoms with van der Waals surface area (Å²) in [5.74, 6) is 1.57. The van der Waals surface area contributed by atoms with Gasteiger partial charge in [-0.05, 0) is 44.4 Å². The summed E-state index contributed by atoms with van der Waals surface area (Å²) in [6.07, 6.45) is 3.37. The van der Waals surface area contributed by atoms with Crippen LogP contribution in [0.4, 0.5) is 4.79 Å². The third kappa shape index (κ3) is 4.97. The standard InChI is InChI=1S/C17H25N5O2/c1-12(5-6-14-7-9-15(24-4)10-8-14)19-17(23)20-13(2)16-21-18-11-22(16)3/h7-13H,5-6H2,1-4H3,(H2,19,20,23)/t12-,13-/m0/s1. The number of carbonyl (C=O) groups excluding carboxylic acids is 1. The molecule has 0 aliphatic heterocycles. The molecular weight excluding hydrogens is 306 g/mol. The van der Waals surface area contributed by atoms with E-state index in [2.05, 4.69) is 20.8 Å². The normalized spacial score (nSPS) is 13.2. The number of hydrogen-bond donors (Lipinski definition) is 2. The average molecular weight is 331 g/mol. The maximum Gasteiger partial charge on any atom is 0.315 e. The monoisotopic (exact) mass is 331 g/mol. The number of amides is 2.